The molecule has 0 saturated heterocycles. The zero-order valence-electron chi connectivity index (χ0n) is 7.34. The highest BCUT2D eigenvalue weighted by atomic mass is 79.9. The first kappa shape index (κ1) is 12.1. The Bertz CT molecular complexity index is 461. The lowest BCUT2D eigenvalue weighted by molar-refractivity contribution is 0.898. The van der Waals surface area contributed by atoms with Gasteiger partial charge in [0.15, 0.2) is 0 Å². The maximum atomic E-state index is 6.13. The molecule has 0 aliphatic rings. The Morgan fingerprint density at radius 3 is 2.53 bits per heavy atom. The first-order valence-corrected chi connectivity index (χ1v) is 7.68. The van der Waals surface area contributed by atoms with Crippen LogP contribution in [0.25, 0.3) is 0 Å². The van der Waals surface area contributed by atoms with Gasteiger partial charge < -0.3 is 5.73 Å². The standard InChI is InChI=1S/C9H6Br2ClNS2/c10-5-2-6(15-9(5)12)8(13)4-1-7(11)14-3-4/h1-3,8H,13H2. The van der Waals surface area contributed by atoms with Crippen LogP contribution in [-0.4, -0.2) is 0 Å². The molecule has 0 aliphatic heterocycles. The van der Waals surface area contributed by atoms with Crippen molar-refractivity contribution < 1.29 is 0 Å². The highest BCUT2D eigenvalue weighted by Gasteiger charge is 2.15. The molecule has 1 unspecified atom stereocenters. The summed E-state index contributed by atoms with van der Waals surface area (Å²) in [4.78, 5) is 1.07. The molecule has 0 fully saturated rings. The van der Waals surface area contributed by atoms with Gasteiger partial charge in [0.05, 0.1) is 9.83 Å². The quantitative estimate of drug-likeness (QED) is 0.768. The molecule has 0 aliphatic carbocycles. The molecule has 0 amide bonds. The van der Waals surface area contributed by atoms with E-state index in [1.54, 1.807) is 11.3 Å². The Morgan fingerprint density at radius 1 is 1.33 bits per heavy atom. The second-order valence-electron chi connectivity index (χ2n) is 2.93. The fourth-order valence-corrected chi connectivity index (χ4v) is 4.15. The van der Waals surface area contributed by atoms with E-state index in [4.69, 9.17) is 17.3 Å². The highest BCUT2D eigenvalue weighted by molar-refractivity contribution is 9.11. The van der Waals surface area contributed by atoms with Crippen LogP contribution in [-0.2, 0) is 0 Å². The first-order valence-electron chi connectivity index (χ1n) is 4.02. The van der Waals surface area contributed by atoms with Crippen molar-refractivity contribution in [3.63, 3.8) is 0 Å². The monoisotopic (exact) mass is 385 g/mol. The van der Waals surface area contributed by atoms with Crippen LogP contribution in [0.15, 0.2) is 25.8 Å². The van der Waals surface area contributed by atoms with E-state index in [0.717, 1.165) is 23.0 Å². The fraction of sp³-hybridized carbons (Fsp3) is 0.111. The lowest BCUT2D eigenvalue weighted by Crippen LogP contribution is -2.08. The molecule has 2 aromatic heterocycles. The van der Waals surface area contributed by atoms with Crippen LogP contribution in [0.3, 0.4) is 0 Å². The van der Waals surface area contributed by atoms with Crippen molar-refractivity contribution in [2.75, 3.05) is 0 Å². The van der Waals surface area contributed by atoms with E-state index in [0.29, 0.717) is 0 Å². The molecule has 2 rings (SSSR count). The van der Waals surface area contributed by atoms with Crippen LogP contribution in [0.2, 0.25) is 4.34 Å². The van der Waals surface area contributed by atoms with Gasteiger partial charge in [-0.3, -0.25) is 0 Å². The summed E-state index contributed by atoms with van der Waals surface area (Å²) < 4.78 is 2.75. The van der Waals surface area contributed by atoms with E-state index in [2.05, 4.69) is 37.2 Å². The zero-order valence-corrected chi connectivity index (χ0v) is 12.9. The zero-order chi connectivity index (χ0) is 11.0. The summed E-state index contributed by atoms with van der Waals surface area (Å²) in [6.07, 6.45) is 0. The summed E-state index contributed by atoms with van der Waals surface area (Å²) in [5.74, 6) is 0. The topological polar surface area (TPSA) is 26.0 Å². The molecule has 2 aromatic rings. The molecule has 80 valence electrons. The van der Waals surface area contributed by atoms with Gasteiger partial charge in [-0.15, -0.1) is 22.7 Å². The van der Waals surface area contributed by atoms with E-state index in [1.165, 1.54) is 11.3 Å². The minimum absolute atomic E-state index is 0.0960. The first-order chi connectivity index (χ1) is 7.08. The van der Waals surface area contributed by atoms with Crippen molar-refractivity contribution in [3.8, 4) is 0 Å². The van der Waals surface area contributed by atoms with Crippen LogP contribution in [0.1, 0.15) is 16.5 Å². The Kier molecular flexibility index (Phi) is 3.91. The van der Waals surface area contributed by atoms with Crippen molar-refractivity contribution >= 4 is 66.1 Å². The van der Waals surface area contributed by atoms with E-state index in [1.807, 2.05) is 12.1 Å². The highest BCUT2D eigenvalue weighted by Crippen LogP contribution is 2.37. The van der Waals surface area contributed by atoms with Gasteiger partial charge >= 0.3 is 0 Å². The molecule has 0 bridgehead atoms. The average molecular weight is 388 g/mol. The Labute approximate surface area is 118 Å². The second kappa shape index (κ2) is 4.85. The molecule has 6 heteroatoms. The fourth-order valence-electron chi connectivity index (χ4n) is 1.17. The minimum atomic E-state index is -0.0960. The van der Waals surface area contributed by atoms with Crippen LogP contribution in [0.5, 0.6) is 0 Å². The molecule has 15 heavy (non-hydrogen) atoms. The maximum absolute atomic E-state index is 6.13. The number of thiophene rings is 2. The Morgan fingerprint density at radius 2 is 2.07 bits per heavy atom. The molecule has 0 saturated carbocycles. The van der Waals surface area contributed by atoms with E-state index in [9.17, 15) is 0 Å². The third-order valence-electron chi connectivity index (χ3n) is 1.92. The summed E-state index contributed by atoms with van der Waals surface area (Å²) in [6.45, 7) is 0. The minimum Gasteiger partial charge on any atom is -0.320 e. The normalized spacial score (nSPS) is 13.1. The summed E-state index contributed by atoms with van der Waals surface area (Å²) in [5, 5.41) is 2.05. The smallest absolute Gasteiger partial charge is 0.107 e. The van der Waals surface area contributed by atoms with Gasteiger partial charge in [0.2, 0.25) is 0 Å². The van der Waals surface area contributed by atoms with Crippen molar-refractivity contribution in [2.45, 2.75) is 6.04 Å². The van der Waals surface area contributed by atoms with Gasteiger partial charge in [-0.05, 0) is 54.9 Å². The third kappa shape index (κ3) is 2.65. The predicted molar refractivity (Wildman–Crippen MR) is 75.1 cm³/mol. The number of halogens is 3. The number of hydrogen-bond donors (Lipinski definition) is 1. The summed E-state index contributed by atoms with van der Waals surface area (Å²) >= 11 is 15.9. The van der Waals surface area contributed by atoms with Gasteiger partial charge in [-0.25, -0.2) is 0 Å². The second-order valence-corrected chi connectivity index (χ2v) is 7.76. The number of hydrogen-bond acceptors (Lipinski definition) is 3. The van der Waals surface area contributed by atoms with Crippen LogP contribution < -0.4 is 5.73 Å². The molecular weight excluding hydrogens is 382 g/mol. The molecule has 1 atom stereocenters. The van der Waals surface area contributed by atoms with Gasteiger partial charge in [-0.1, -0.05) is 11.6 Å². The summed E-state index contributed by atoms with van der Waals surface area (Å²) in [7, 11) is 0. The summed E-state index contributed by atoms with van der Waals surface area (Å²) in [5.41, 5.74) is 7.24. The Balaban J connectivity index is 2.31. The van der Waals surface area contributed by atoms with Crippen molar-refractivity contribution in [1.29, 1.82) is 0 Å². The maximum Gasteiger partial charge on any atom is 0.107 e. The van der Waals surface area contributed by atoms with Crippen LogP contribution in [0, 0.1) is 0 Å². The van der Waals surface area contributed by atoms with Crippen molar-refractivity contribution in [2.24, 2.45) is 5.73 Å². The molecular formula is C9H6Br2ClNS2. The lowest BCUT2D eigenvalue weighted by Gasteiger charge is -2.05. The van der Waals surface area contributed by atoms with Crippen LogP contribution in [0.4, 0.5) is 0 Å². The molecule has 2 N–H and O–H groups in total. The number of rotatable bonds is 2. The van der Waals surface area contributed by atoms with E-state index in [-0.39, 0.29) is 6.04 Å². The lowest BCUT2D eigenvalue weighted by atomic mass is 10.1. The molecule has 0 spiro atoms. The van der Waals surface area contributed by atoms with Gasteiger partial charge in [-0.2, -0.15) is 0 Å². The van der Waals surface area contributed by atoms with E-state index >= 15 is 0 Å². The summed E-state index contributed by atoms with van der Waals surface area (Å²) in [6, 6.07) is 3.92. The number of nitrogens with two attached hydrogens (primary N) is 1. The molecule has 2 heterocycles. The van der Waals surface area contributed by atoms with Crippen molar-refractivity contribution in [1.82, 2.24) is 0 Å². The molecule has 1 nitrogen and oxygen atoms in total. The largest absolute Gasteiger partial charge is 0.320 e. The average Bonchev–Trinajstić information content (AvgIpc) is 2.74. The van der Waals surface area contributed by atoms with Crippen molar-refractivity contribution in [3.05, 3.63) is 40.5 Å². The predicted octanol–water partition coefficient (Wildman–Crippen LogP) is 5.04. The van der Waals surface area contributed by atoms with Gasteiger partial charge in [0.1, 0.15) is 4.34 Å². The van der Waals surface area contributed by atoms with Gasteiger partial charge in [0.25, 0.3) is 0 Å². The third-order valence-corrected chi connectivity index (χ3v) is 6.00. The SMILES string of the molecule is NC(c1csc(Br)c1)c1cc(Br)c(Cl)s1. The molecule has 0 radical (unpaired) electrons. The van der Waals surface area contributed by atoms with Crippen LogP contribution >= 0.6 is 66.1 Å². The molecule has 0 aromatic carbocycles. The Hall–Kier alpha value is 0.610. The van der Waals surface area contributed by atoms with E-state index < -0.39 is 0 Å². The van der Waals surface area contributed by atoms with Gasteiger partial charge in [0, 0.05) is 9.35 Å².